The summed E-state index contributed by atoms with van der Waals surface area (Å²) >= 11 is 0. The van der Waals surface area contributed by atoms with Crippen molar-refractivity contribution in [2.75, 3.05) is 32.7 Å². The Kier molecular flexibility index (Phi) is 6.63. The zero-order valence-electron chi connectivity index (χ0n) is 15.4. The van der Waals surface area contributed by atoms with Crippen LogP contribution < -0.4 is 5.32 Å². The van der Waals surface area contributed by atoms with E-state index in [4.69, 9.17) is 4.74 Å². The molecule has 0 radical (unpaired) electrons. The molecule has 1 N–H and O–H groups in total. The van der Waals surface area contributed by atoms with E-state index in [9.17, 15) is 4.79 Å². The van der Waals surface area contributed by atoms with E-state index >= 15 is 0 Å². The Morgan fingerprint density at radius 3 is 2.58 bits per heavy atom. The number of carbonyl (C=O) groups excluding carboxylic acids is 1. The number of piperazine rings is 1. The van der Waals surface area contributed by atoms with Gasteiger partial charge in [-0.15, -0.1) is 0 Å². The average molecular weight is 333 g/mol. The lowest BCUT2D eigenvalue weighted by atomic mass is 10.0. The van der Waals surface area contributed by atoms with Gasteiger partial charge in [0.1, 0.15) is 6.61 Å². The molecule has 1 amide bonds. The first-order valence-corrected chi connectivity index (χ1v) is 8.80. The Balaban J connectivity index is 1.64. The van der Waals surface area contributed by atoms with Gasteiger partial charge >= 0.3 is 6.09 Å². The van der Waals surface area contributed by atoms with Gasteiger partial charge in [0.25, 0.3) is 0 Å². The lowest BCUT2D eigenvalue weighted by Crippen LogP contribution is -2.58. The molecule has 1 atom stereocenters. The largest absolute Gasteiger partial charge is 0.445 e. The van der Waals surface area contributed by atoms with Crippen molar-refractivity contribution in [3.05, 3.63) is 35.9 Å². The Bertz CT molecular complexity index is 513. The first kappa shape index (κ1) is 18.7. The monoisotopic (exact) mass is 333 g/mol. The molecular formula is C19H31N3O2. The molecule has 1 aliphatic heterocycles. The van der Waals surface area contributed by atoms with Gasteiger partial charge in [0, 0.05) is 44.3 Å². The molecule has 1 fully saturated rings. The zero-order valence-corrected chi connectivity index (χ0v) is 15.4. The van der Waals surface area contributed by atoms with Crippen LogP contribution in [0, 0.1) is 0 Å². The minimum atomic E-state index is -0.347. The van der Waals surface area contributed by atoms with Gasteiger partial charge < -0.3 is 10.1 Å². The number of nitrogens with one attached hydrogen (secondary N) is 1. The fourth-order valence-corrected chi connectivity index (χ4v) is 3.01. The third-order valence-electron chi connectivity index (χ3n) is 4.59. The van der Waals surface area contributed by atoms with Crippen molar-refractivity contribution in [2.45, 2.75) is 45.9 Å². The molecule has 1 aromatic carbocycles. The van der Waals surface area contributed by atoms with Crippen LogP contribution in [0.3, 0.4) is 0 Å². The van der Waals surface area contributed by atoms with Gasteiger partial charge in [0.05, 0.1) is 0 Å². The highest BCUT2D eigenvalue weighted by Gasteiger charge is 2.29. The van der Waals surface area contributed by atoms with Crippen LogP contribution in [0.2, 0.25) is 0 Å². The van der Waals surface area contributed by atoms with Gasteiger partial charge in [-0.3, -0.25) is 9.80 Å². The van der Waals surface area contributed by atoms with Crippen LogP contribution in [0.1, 0.15) is 33.3 Å². The second kappa shape index (κ2) is 8.49. The van der Waals surface area contributed by atoms with Crippen LogP contribution in [0.5, 0.6) is 0 Å². The van der Waals surface area contributed by atoms with Crippen molar-refractivity contribution < 1.29 is 9.53 Å². The summed E-state index contributed by atoms with van der Waals surface area (Å²) in [5.41, 5.74) is 1.22. The molecule has 1 saturated heterocycles. The Morgan fingerprint density at radius 2 is 1.96 bits per heavy atom. The van der Waals surface area contributed by atoms with Crippen molar-refractivity contribution in [2.24, 2.45) is 0 Å². The van der Waals surface area contributed by atoms with E-state index in [1.807, 2.05) is 30.3 Å². The molecule has 1 aliphatic rings. The molecular weight excluding hydrogens is 302 g/mol. The van der Waals surface area contributed by atoms with Crippen LogP contribution in [0.4, 0.5) is 4.79 Å². The lowest BCUT2D eigenvalue weighted by molar-refractivity contribution is 0.0290. The molecule has 1 unspecified atom stereocenters. The molecule has 24 heavy (non-hydrogen) atoms. The topological polar surface area (TPSA) is 44.8 Å². The molecule has 1 aromatic rings. The molecule has 0 saturated carbocycles. The Morgan fingerprint density at radius 1 is 1.25 bits per heavy atom. The van der Waals surface area contributed by atoms with Crippen molar-refractivity contribution in [3.63, 3.8) is 0 Å². The Labute approximate surface area is 146 Å². The molecule has 2 rings (SSSR count). The predicted octanol–water partition coefficient (Wildman–Crippen LogP) is 2.72. The second-order valence-corrected chi connectivity index (χ2v) is 7.49. The summed E-state index contributed by atoms with van der Waals surface area (Å²) in [5, 5.41) is 2.85. The van der Waals surface area contributed by atoms with E-state index in [0.717, 1.165) is 31.7 Å². The van der Waals surface area contributed by atoms with E-state index < -0.39 is 0 Å². The highest BCUT2D eigenvalue weighted by Crippen LogP contribution is 2.18. The van der Waals surface area contributed by atoms with Gasteiger partial charge in [0.15, 0.2) is 0 Å². The summed E-state index contributed by atoms with van der Waals surface area (Å²) < 4.78 is 5.23. The molecule has 0 bridgehead atoms. The summed E-state index contributed by atoms with van der Waals surface area (Å²) in [6.45, 7) is 14.0. The Hall–Kier alpha value is -1.59. The van der Waals surface area contributed by atoms with E-state index in [1.54, 1.807) is 0 Å². The maximum absolute atomic E-state index is 11.8. The van der Waals surface area contributed by atoms with Crippen LogP contribution >= 0.6 is 0 Å². The fourth-order valence-electron chi connectivity index (χ4n) is 3.01. The normalized spacial score (nSPS) is 19.9. The summed E-state index contributed by atoms with van der Waals surface area (Å²) in [6, 6.07) is 10.2. The van der Waals surface area contributed by atoms with Crippen molar-refractivity contribution in [1.82, 2.24) is 15.1 Å². The molecule has 0 aromatic heterocycles. The van der Waals surface area contributed by atoms with E-state index in [-0.39, 0.29) is 11.6 Å². The summed E-state index contributed by atoms with van der Waals surface area (Å²) in [7, 11) is 0. The number of rotatable bonds is 5. The predicted molar refractivity (Wildman–Crippen MR) is 97.0 cm³/mol. The quantitative estimate of drug-likeness (QED) is 0.900. The third-order valence-corrected chi connectivity index (χ3v) is 4.59. The van der Waals surface area contributed by atoms with Gasteiger partial charge in [0.2, 0.25) is 0 Å². The minimum Gasteiger partial charge on any atom is -0.445 e. The van der Waals surface area contributed by atoms with E-state index in [0.29, 0.717) is 19.2 Å². The van der Waals surface area contributed by atoms with Crippen molar-refractivity contribution in [3.8, 4) is 0 Å². The molecule has 0 aliphatic carbocycles. The standard InChI is InChI=1S/C19H31N3O2/c1-16-14-22(19(2,3)4)13-12-21(16)11-10-20-18(23)24-15-17-8-6-5-7-9-17/h5-9,16H,10-15H2,1-4H3,(H,20,23). The number of benzene rings is 1. The smallest absolute Gasteiger partial charge is 0.407 e. The maximum atomic E-state index is 11.8. The lowest BCUT2D eigenvalue weighted by Gasteiger charge is -2.45. The average Bonchev–Trinajstić information content (AvgIpc) is 2.54. The highest BCUT2D eigenvalue weighted by molar-refractivity contribution is 5.67. The molecule has 5 nitrogen and oxygen atoms in total. The van der Waals surface area contributed by atoms with E-state index in [2.05, 4.69) is 42.8 Å². The summed E-state index contributed by atoms with van der Waals surface area (Å²) in [5.74, 6) is 0. The third kappa shape index (κ3) is 5.80. The van der Waals surface area contributed by atoms with Crippen molar-refractivity contribution in [1.29, 1.82) is 0 Å². The minimum absolute atomic E-state index is 0.222. The number of nitrogens with zero attached hydrogens (tertiary/aromatic N) is 2. The van der Waals surface area contributed by atoms with Gasteiger partial charge in [-0.2, -0.15) is 0 Å². The van der Waals surface area contributed by atoms with Crippen LogP contribution in [-0.4, -0.2) is 60.2 Å². The highest BCUT2D eigenvalue weighted by atomic mass is 16.5. The van der Waals surface area contributed by atoms with Gasteiger partial charge in [-0.05, 0) is 33.3 Å². The number of hydrogen-bond acceptors (Lipinski definition) is 4. The SMILES string of the molecule is CC1CN(C(C)(C)C)CCN1CCNC(=O)OCc1ccccc1. The molecule has 134 valence electrons. The zero-order chi connectivity index (χ0) is 17.6. The van der Waals surface area contributed by atoms with Crippen molar-refractivity contribution >= 4 is 6.09 Å². The van der Waals surface area contributed by atoms with E-state index in [1.165, 1.54) is 0 Å². The van der Waals surface area contributed by atoms with Crippen LogP contribution in [-0.2, 0) is 11.3 Å². The number of hydrogen-bond donors (Lipinski definition) is 1. The number of carbonyl (C=O) groups is 1. The molecule has 5 heteroatoms. The maximum Gasteiger partial charge on any atom is 0.407 e. The number of amides is 1. The van der Waals surface area contributed by atoms with Crippen LogP contribution in [0.25, 0.3) is 0 Å². The molecule has 1 heterocycles. The second-order valence-electron chi connectivity index (χ2n) is 7.49. The number of ether oxygens (including phenoxy) is 1. The summed E-state index contributed by atoms with van der Waals surface area (Å²) in [6.07, 6.45) is -0.347. The van der Waals surface area contributed by atoms with Gasteiger partial charge in [-0.25, -0.2) is 4.79 Å². The molecule has 0 spiro atoms. The van der Waals surface area contributed by atoms with Crippen LogP contribution in [0.15, 0.2) is 30.3 Å². The first-order valence-electron chi connectivity index (χ1n) is 8.80. The van der Waals surface area contributed by atoms with Gasteiger partial charge in [-0.1, -0.05) is 30.3 Å². The number of alkyl carbamates (subject to hydrolysis) is 1. The summed E-state index contributed by atoms with van der Waals surface area (Å²) in [4.78, 5) is 16.7. The first-order chi connectivity index (χ1) is 11.4. The fraction of sp³-hybridized carbons (Fsp3) is 0.632.